The number of fused-ring (bicyclic) bond motifs is 1. The molecule has 0 saturated heterocycles. The third kappa shape index (κ3) is 3.31. The lowest BCUT2D eigenvalue weighted by Crippen LogP contribution is -2.15. The van der Waals surface area contributed by atoms with Gasteiger partial charge < -0.3 is 10.1 Å². The van der Waals surface area contributed by atoms with Gasteiger partial charge in [0.1, 0.15) is 11.6 Å². The van der Waals surface area contributed by atoms with Gasteiger partial charge in [-0.05, 0) is 48.6 Å². The molecule has 0 spiro atoms. The Kier molecular flexibility index (Phi) is 4.41. The number of hydrogen-bond donors (Lipinski definition) is 1. The molecule has 4 rings (SSSR count). The van der Waals surface area contributed by atoms with E-state index in [-0.39, 0.29) is 6.04 Å². The summed E-state index contributed by atoms with van der Waals surface area (Å²) >= 11 is 0. The molecular formula is C20H19F2N3O. The van der Waals surface area contributed by atoms with Crippen LogP contribution in [0.2, 0.25) is 0 Å². The third-order valence-electron chi connectivity index (χ3n) is 4.68. The van der Waals surface area contributed by atoms with Crippen LogP contribution in [0, 0.1) is 5.92 Å². The molecule has 1 aliphatic rings. The molecule has 4 nitrogen and oxygen atoms in total. The van der Waals surface area contributed by atoms with Crippen molar-refractivity contribution in [2.45, 2.75) is 25.3 Å². The van der Waals surface area contributed by atoms with Crippen molar-refractivity contribution < 1.29 is 13.5 Å². The summed E-state index contributed by atoms with van der Waals surface area (Å²) in [5.74, 6) is 1.26. The quantitative estimate of drug-likeness (QED) is 0.665. The number of aromatic nitrogens is 2. The SMILES string of the molecule is COc1ccc(C(Nc2nc(C(F)F)nc3ccccc23)C2CC2)cc1. The van der Waals surface area contributed by atoms with Gasteiger partial charge in [-0.3, -0.25) is 0 Å². The maximum Gasteiger partial charge on any atom is 0.297 e. The molecule has 0 radical (unpaired) electrons. The van der Waals surface area contributed by atoms with E-state index >= 15 is 0 Å². The summed E-state index contributed by atoms with van der Waals surface area (Å²) in [6.07, 6.45) is -0.497. The predicted molar refractivity (Wildman–Crippen MR) is 96.6 cm³/mol. The molecule has 0 amide bonds. The highest BCUT2D eigenvalue weighted by Gasteiger charge is 2.33. The fraction of sp³-hybridized carbons (Fsp3) is 0.300. The first kappa shape index (κ1) is 16.7. The average Bonchev–Trinajstić information content (AvgIpc) is 3.51. The van der Waals surface area contributed by atoms with E-state index in [0.29, 0.717) is 17.3 Å². The largest absolute Gasteiger partial charge is 0.497 e. The zero-order valence-corrected chi connectivity index (χ0v) is 14.3. The van der Waals surface area contributed by atoms with Crippen LogP contribution in [-0.4, -0.2) is 17.1 Å². The van der Waals surface area contributed by atoms with Crippen molar-refractivity contribution >= 4 is 16.7 Å². The molecule has 1 aromatic heterocycles. The Morgan fingerprint density at radius 1 is 1.04 bits per heavy atom. The summed E-state index contributed by atoms with van der Waals surface area (Å²) in [5.41, 5.74) is 1.61. The Morgan fingerprint density at radius 2 is 1.77 bits per heavy atom. The zero-order chi connectivity index (χ0) is 18.1. The lowest BCUT2D eigenvalue weighted by atomic mass is 10.0. The van der Waals surface area contributed by atoms with E-state index in [9.17, 15) is 8.78 Å². The Balaban J connectivity index is 1.73. The molecule has 1 N–H and O–H groups in total. The minimum atomic E-state index is -2.71. The van der Waals surface area contributed by atoms with Gasteiger partial charge in [-0.15, -0.1) is 0 Å². The molecule has 1 saturated carbocycles. The molecule has 1 aliphatic carbocycles. The van der Waals surface area contributed by atoms with E-state index in [1.807, 2.05) is 36.4 Å². The van der Waals surface area contributed by atoms with E-state index in [2.05, 4.69) is 15.3 Å². The van der Waals surface area contributed by atoms with Crippen molar-refractivity contribution in [3.63, 3.8) is 0 Å². The first-order valence-corrected chi connectivity index (χ1v) is 8.61. The van der Waals surface area contributed by atoms with E-state index in [1.54, 1.807) is 19.2 Å². The van der Waals surface area contributed by atoms with E-state index < -0.39 is 12.2 Å². The van der Waals surface area contributed by atoms with Gasteiger partial charge in [-0.25, -0.2) is 18.7 Å². The van der Waals surface area contributed by atoms with Gasteiger partial charge in [0.25, 0.3) is 6.43 Å². The molecule has 2 aromatic carbocycles. The average molecular weight is 355 g/mol. The van der Waals surface area contributed by atoms with Crippen molar-refractivity contribution in [2.24, 2.45) is 5.92 Å². The van der Waals surface area contributed by atoms with Gasteiger partial charge in [0.05, 0.1) is 18.7 Å². The number of ether oxygens (including phenoxy) is 1. The first-order chi connectivity index (χ1) is 12.7. The number of alkyl halides is 2. The second-order valence-corrected chi connectivity index (χ2v) is 6.48. The fourth-order valence-electron chi connectivity index (χ4n) is 3.16. The van der Waals surface area contributed by atoms with Gasteiger partial charge in [-0.1, -0.05) is 24.3 Å². The number of methoxy groups -OCH3 is 1. The number of nitrogens with one attached hydrogen (secondary N) is 1. The smallest absolute Gasteiger partial charge is 0.297 e. The first-order valence-electron chi connectivity index (χ1n) is 8.61. The van der Waals surface area contributed by atoms with Crippen LogP contribution in [0.15, 0.2) is 48.5 Å². The van der Waals surface area contributed by atoms with Crippen LogP contribution in [0.4, 0.5) is 14.6 Å². The summed E-state index contributed by atoms with van der Waals surface area (Å²) in [6.45, 7) is 0. The van der Waals surface area contributed by atoms with Crippen molar-refractivity contribution in [1.29, 1.82) is 0 Å². The number of rotatable bonds is 6. The summed E-state index contributed by atoms with van der Waals surface area (Å²) in [5, 5.41) is 4.15. The molecule has 1 unspecified atom stereocenters. The molecule has 1 heterocycles. The molecule has 0 bridgehead atoms. The van der Waals surface area contributed by atoms with E-state index in [4.69, 9.17) is 4.74 Å². The van der Waals surface area contributed by atoms with Gasteiger partial charge in [0, 0.05) is 5.39 Å². The Morgan fingerprint density at radius 3 is 2.42 bits per heavy atom. The molecule has 3 aromatic rings. The van der Waals surface area contributed by atoms with Gasteiger partial charge >= 0.3 is 0 Å². The van der Waals surface area contributed by atoms with E-state index in [1.165, 1.54) is 0 Å². The predicted octanol–water partition coefficient (Wildman–Crippen LogP) is 5.14. The summed E-state index contributed by atoms with van der Waals surface area (Å²) < 4.78 is 31.7. The highest BCUT2D eigenvalue weighted by molar-refractivity contribution is 5.89. The normalized spacial score (nSPS) is 15.2. The third-order valence-corrected chi connectivity index (χ3v) is 4.68. The summed E-state index contributed by atoms with van der Waals surface area (Å²) in [6, 6.07) is 15.1. The number of para-hydroxylation sites is 1. The number of benzene rings is 2. The van der Waals surface area contributed by atoms with Crippen molar-refractivity contribution in [3.8, 4) is 5.75 Å². The summed E-state index contributed by atoms with van der Waals surface area (Å²) in [7, 11) is 1.63. The number of halogens is 2. The van der Waals surface area contributed by atoms with Gasteiger partial charge in [0.2, 0.25) is 0 Å². The minimum absolute atomic E-state index is 0.0183. The van der Waals surface area contributed by atoms with Crippen molar-refractivity contribution in [1.82, 2.24) is 9.97 Å². The number of hydrogen-bond acceptors (Lipinski definition) is 4. The number of nitrogens with zero attached hydrogens (tertiary/aromatic N) is 2. The van der Waals surface area contributed by atoms with Crippen LogP contribution in [0.25, 0.3) is 10.9 Å². The molecule has 134 valence electrons. The standard InChI is InChI=1S/C20H19F2N3O/c1-26-14-10-8-13(9-11-14)17(12-6-7-12)24-19-15-4-2-3-5-16(15)23-20(25-19)18(21)22/h2-5,8-12,17-18H,6-7H2,1H3,(H,23,24,25). The second kappa shape index (κ2) is 6.86. The topological polar surface area (TPSA) is 47.0 Å². The second-order valence-electron chi connectivity index (χ2n) is 6.48. The molecular weight excluding hydrogens is 336 g/mol. The number of anilines is 1. The van der Waals surface area contributed by atoms with Crippen molar-refractivity contribution in [2.75, 3.05) is 12.4 Å². The Bertz CT molecular complexity index is 911. The molecule has 26 heavy (non-hydrogen) atoms. The summed E-state index contributed by atoms with van der Waals surface area (Å²) in [4.78, 5) is 8.09. The van der Waals surface area contributed by atoms with Crippen LogP contribution in [0.5, 0.6) is 5.75 Å². The highest BCUT2D eigenvalue weighted by atomic mass is 19.3. The molecule has 0 aliphatic heterocycles. The lowest BCUT2D eigenvalue weighted by molar-refractivity contribution is 0.141. The van der Waals surface area contributed by atoms with E-state index in [0.717, 1.165) is 29.5 Å². The lowest BCUT2D eigenvalue weighted by Gasteiger charge is -2.21. The minimum Gasteiger partial charge on any atom is -0.497 e. The van der Waals surface area contributed by atoms with Gasteiger partial charge in [0.15, 0.2) is 5.82 Å². The molecule has 6 heteroatoms. The monoisotopic (exact) mass is 355 g/mol. The van der Waals surface area contributed by atoms with Crippen LogP contribution in [0.3, 0.4) is 0 Å². The Labute approximate surface area is 150 Å². The molecule has 1 atom stereocenters. The van der Waals surface area contributed by atoms with Crippen LogP contribution < -0.4 is 10.1 Å². The highest BCUT2D eigenvalue weighted by Crippen LogP contribution is 2.43. The van der Waals surface area contributed by atoms with Crippen LogP contribution in [0.1, 0.15) is 36.7 Å². The maximum absolute atomic E-state index is 13.2. The van der Waals surface area contributed by atoms with Crippen LogP contribution in [-0.2, 0) is 0 Å². The molecule has 1 fully saturated rings. The zero-order valence-electron chi connectivity index (χ0n) is 14.3. The van der Waals surface area contributed by atoms with Crippen molar-refractivity contribution in [3.05, 3.63) is 59.9 Å². The van der Waals surface area contributed by atoms with Gasteiger partial charge in [-0.2, -0.15) is 0 Å². The van der Waals surface area contributed by atoms with Crippen LogP contribution >= 0.6 is 0 Å². The maximum atomic E-state index is 13.2. The fourth-order valence-corrected chi connectivity index (χ4v) is 3.16. The Hall–Kier alpha value is -2.76.